The number of rotatable bonds is 5. The molecule has 0 aromatic rings. The van der Waals surface area contributed by atoms with Crippen molar-refractivity contribution in [3.63, 3.8) is 0 Å². The quantitative estimate of drug-likeness (QED) is 0.773. The summed E-state index contributed by atoms with van der Waals surface area (Å²) in [7, 11) is 0. The first-order valence-electron chi connectivity index (χ1n) is 8.28. The average molecular weight is 279 g/mol. The average Bonchev–Trinajstić information content (AvgIpc) is 3.20. The monoisotopic (exact) mass is 279 g/mol. The molecule has 3 heteroatoms. The number of hydrogen-bond acceptors (Lipinski definition) is 2. The molecule has 2 atom stereocenters. The van der Waals surface area contributed by atoms with Gasteiger partial charge in [-0.2, -0.15) is 0 Å². The van der Waals surface area contributed by atoms with Crippen LogP contribution >= 0.6 is 0 Å². The molecule has 1 heterocycles. The van der Waals surface area contributed by atoms with Crippen molar-refractivity contribution in [2.45, 2.75) is 71.5 Å². The molecule has 3 aliphatic rings. The Kier molecular flexibility index (Phi) is 3.39. The van der Waals surface area contributed by atoms with Gasteiger partial charge < -0.3 is 9.64 Å². The molecule has 0 aromatic carbocycles. The van der Waals surface area contributed by atoms with Gasteiger partial charge in [0.2, 0.25) is 5.91 Å². The van der Waals surface area contributed by atoms with Crippen molar-refractivity contribution in [1.82, 2.24) is 4.90 Å². The third kappa shape index (κ3) is 2.74. The lowest BCUT2D eigenvalue weighted by atomic mass is 9.84. The number of nitrogens with zero attached hydrogens (tertiary/aromatic N) is 1. The Morgan fingerprint density at radius 1 is 1.35 bits per heavy atom. The lowest BCUT2D eigenvalue weighted by Gasteiger charge is -2.25. The summed E-state index contributed by atoms with van der Waals surface area (Å²) in [5, 5.41) is 0. The number of likely N-dealkylation sites (tertiary alicyclic amines) is 1. The van der Waals surface area contributed by atoms with E-state index in [4.69, 9.17) is 4.74 Å². The molecule has 0 spiro atoms. The Hall–Kier alpha value is -0.570. The maximum atomic E-state index is 12.4. The predicted octanol–water partition coefficient (Wildman–Crippen LogP) is 3.23. The summed E-state index contributed by atoms with van der Waals surface area (Å²) >= 11 is 0. The lowest BCUT2D eigenvalue weighted by Crippen LogP contribution is -2.34. The standard InChI is InChI=1S/C17H29NO2/c1-12-10-18(11-16(12,3)4)15(19)9-13(2)20-17(7-8-17)14-5-6-14/h12-14H,5-11H2,1-4H3/t12?,13-/m1/s1. The van der Waals surface area contributed by atoms with Crippen LogP contribution in [-0.4, -0.2) is 35.6 Å². The van der Waals surface area contributed by atoms with E-state index in [1.54, 1.807) is 0 Å². The molecule has 0 radical (unpaired) electrons. The van der Waals surface area contributed by atoms with Crippen LogP contribution in [0.5, 0.6) is 0 Å². The highest BCUT2D eigenvalue weighted by molar-refractivity contribution is 5.77. The van der Waals surface area contributed by atoms with Crippen LogP contribution in [0.1, 0.15) is 59.8 Å². The van der Waals surface area contributed by atoms with Crippen molar-refractivity contribution < 1.29 is 9.53 Å². The lowest BCUT2D eigenvalue weighted by molar-refractivity contribution is -0.135. The minimum absolute atomic E-state index is 0.0737. The molecule has 1 amide bonds. The van der Waals surface area contributed by atoms with E-state index in [9.17, 15) is 4.79 Å². The molecule has 114 valence electrons. The van der Waals surface area contributed by atoms with Crippen molar-refractivity contribution >= 4 is 5.91 Å². The smallest absolute Gasteiger partial charge is 0.225 e. The minimum atomic E-state index is 0.0737. The third-order valence-corrected chi connectivity index (χ3v) is 5.74. The second-order valence-electron chi connectivity index (χ2n) is 8.14. The molecule has 3 rings (SSSR count). The third-order valence-electron chi connectivity index (χ3n) is 5.74. The number of carbonyl (C=O) groups excluding carboxylic acids is 1. The number of amides is 1. The van der Waals surface area contributed by atoms with Crippen molar-refractivity contribution in [3.8, 4) is 0 Å². The van der Waals surface area contributed by atoms with Crippen LogP contribution < -0.4 is 0 Å². The van der Waals surface area contributed by atoms with Gasteiger partial charge in [-0.1, -0.05) is 20.8 Å². The largest absolute Gasteiger partial charge is 0.371 e. The van der Waals surface area contributed by atoms with Crippen LogP contribution in [0.25, 0.3) is 0 Å². The second-order valence-corrected chi connectivity index (χ2v) is 8.14. The molecule has 1 saturated heterocycles. The molecule has 0 bridgehead atoms. The summed E-state index contributed by atoms with van der Waals surface area (Å²) < 4.78 is 6.23. The van der Waals surface area contributed by atoms with Crippen LogP contribution in [0.4, 0.5) is 0 Å². The Labute approximate surface area is 123 Å². The fraction of sp³-hybridized carbons (Fsp3) is 0.941. The molecule has 20 heavy (non-hydrogen) atoms. The van der Waals surface area contributed by atoms with Crippen molar-refractivity contribution in [1.29, 1.82) is 0 Å². The molecule has 3 fully saturated rings. The van der Waals surface area contributed by atoms with Gasteiger partial charge in [0.1, 0.15) is 0 Å². The predicted molar refractivity (Wildman–Crippen MR) is 79.4 cm³/mol. The summed E-state index contributed by atoms with van der Waals surface area (Å²) in [6.07, 6.45) is 5.71. The van der Waals surface area contributed by atoms with Crippen molar-refractivity contribution in [2.24, 2.45) is 17.3 Å². The van der Waals surface area contributed by atoms with E-state index in [0.29, 0.717) is 12.3 Å². The van der Waals surface area contributed by atoms with Crippen LogP contribution in [0.3, 0.4) is 0 Å². The van der Waals surface area contributed by atoms with Gasteiger partial charge in [-0.25, -0.2) is 0 Å². The molecule has 1 unspecified atom stereocenters. The van der Waals surface area contributed by atoms with E-state index >= 15 is 0 Å². The highest BCUT2D eigenvalue weighted by Crippen LogP contribution is 2.57. The first kappa shape index (κ1) is 14.4. The van der Waals surface area contributed by atoms with E-state index in [2.05, 4.69) is 27.7 Å². The van der Waals surface area contributed by atoms with Gasteiger partial charge in [0.25, 0.3) is 0 Å². The molecule has 2 saturated carbocycles. The van der Waals surface area contributed by atoms with E-state index in [0.717, 1.165) is 19.0 Å². The molecule has 3 nitrogen and oxygen atoms in total. The van der Waals surface area contributed by atoms with E-state index in [-0.39, 0.29) is 23.0 Å². The zero-order chi connectivity index (χ0) is 14.5. The first-order chi connectivity index (χ1) is 9.32. The Morgan fingerprint density at radius 2 is 2.00 bits per heavy atom. The Morgan fingerprint density at radius 3 is 2.45 bits per heavy atom. The maximum absolute atomic E-state index is 12.4. The maximum Gasteiger partial charge on any atom is 0.225 e. The molecule has 2 aliphatic carbocycles. The van der Waals surface area contributed by atoms with E-state index in [1.807, 2.05) is 4.90 Å². The normalized spacial score (nSPS) is 32.2. The topological polar surface area (TPSA) is 29.5 Å². The fourth-order valence-corrected chi connectivity index (χ4v) is 3.65. The van der Waals surface area contributed by atoms with Gasteiger partial charge >= 0.3 is 0 Å². The van der Waals surface area contributed by atoms with Crippen LogP contribution in [0.15, 0.2) is 0 Å². The highest BCUT2D eigenvalue weighted by Gasteiger charge is 2.56. The summed E-state index contributed by atoms with van der Waals surface area (Å²) in [6.45, 7) is 10.7. The highest BCUT2D eigenvalue weighted by atomic mass is 16.5. The number of ether oxygens (including phenoxy) is 1. The van der Waals surface area contributed by atoms with Gasteiger partial charge in [-0.05, 0) is 49.9 Å². The first-order valence-corrected chi connectivity index (χ1v) is 8.28. The van der Waals surface area contributed by atoms with Gasteiger partial charge in [0.05, 0.1) is 18.1 Å². The zero-order valence-electron chi connectivity index (χ0n) is 13.4. The fourth-order valence-electron chi connectivity index (χ4n) is 3.65. The van der Waals surface area contributed by atoms with Crippen molar-refractivity contribution in [3.05, 3.63) is 0 Å². The molecule has 0 aromatic heterocycles. The number of carbonyl (C=O) groups is 1. The van der Waals surface area contributed by atoms with Crippen LogP contribution in [0.2, 0.25) is 0 Å². The molecule has 1 aliphatic heterocycles. The Balaban J connectivity index is 1.49. The van der Waals surface area contributed by atoms with Crippen LogP contribution in [0, 0.1) is 17.3 Å². The van der Waals surface area contributed by atoms with E-state index < -0.39 is 0 Å². The van der Waals surface area contributed by atoms with Gasteiger partial charge in [-0.15, -0.1) is 0 Å². The zero-order valence-corrected chi connectivity index (χ0v) is 13.4. The molecular formula is C17H29NO2. The van der Waals surface area contributed by atoms with Crippen molar-refractivity contribution in [2.75, 3.05) is 13.1 Å². The summed E-state index contributed by atoms with van der Waals surface area (Å²) in [5.41, 5.74) is 0.433. The summed E-state index contributed by atoms with van der Waals surface area (Å²) in [4.78, 5) is 14.5. The SMILES string of the molecule is CC1CN(C(=O)C[C@@H](C)OC2(C3CC3)CC2)CC1(C)C. The number of hydrogen-bond donors (Lipinski definition) is 0. The molecule has 0 N–H and O–H groups in total. The van der Waals surface area contributed by atoms with E-state index in [1.165, 1.54) is 25.7 Å². The van der Waals surface area contributed by atoms with Crippen LogP contribution in [-0.2, 0) is 9.53 Å². The van der Waals surface area contributed by atoms with Gasteiger partial charge in [0, 0.05) is 13.1 Å². The van der Waals surface area contributed by atoms with Gasteiger partial charge in [0.15, 0.2) is 0 Å². The molecular weight excluding hydrogens is 250 g/mol. The summed E-state index contributed by atoms with van der Waals surface area (Å²) in [5.74, 6) is 1.66. The minimum Gasteiger partial charge on any atom is -0.371 e. The Bertz CT molecular complexity index is 396. The summed E-state index contributed by atoms with van der Waals surface area (Å²) in [6, 6.07) is 0. The second kappa shape index (κ2) is 4.72. The van der Waals surface area contributed by atoms with Gasteiger partial charge in [-0.3, -0.25) is 4.79 Å².